The van der Waals surface area contributed by atoms with Gasteiger partial charge in [0.25, 0.3) is 0 Å². The molecule has 0 aromatic heterocycles. The van der Waals surface area contributed by atoms with Crippen molar-refractivity contribution in [3.8, 4) is 0 Å². The van der Waals surface area contributed by atoms with Crippen LogP contribution in [0.25, 0.3) is 0 Å². The molecule has 1 atom stereocenters. The first kappa shape index (κ1) is 18.9. The minimum atomic E-state index is -0.702. The molecule has 0 bridgehead atoms. The highest BCUT2D eigenvalue weighted by Gasteiger charge is 2.41. The van der Waals surface area contributed by atoms with Crippen molar-refractivity contribution in [3.05, 3.63) is 0 Å². The molecule has 2 N–H and O–H groups in total. The Hall–Kier alpha value is -1.06. The topological polar surface area (TPSA) is 69.4 Å². The van der Waals surface area contributed by atoms with Gasteiger partial charge in [-0.15, -0.1) is 0 Å². The molecule has 0 aliphatic heterocycles. The molecule has 0 aromatic rings. The van der Waals surface area contributed by atoms with E-state index in [1.165, 1.54) is 0 Å². The van der Waals surface area contributed by atoms with Crippen LogP contribution in [0.2, 0.25) is 0 Å². The van der Waals surface area contributed by atoms with E-state index in [2.05, 4.69) is 6.92 Å². The summed E-state index contributed by atoms with van der Waals surface area (Å²) in [5, 5.41) is 0. The lowest BCUT2D eigenvalue weighted by Crippen LogP contribution is -2.40. The number of hydrogen-bond donors (Lipinski definition) is 1. The maximum absolute atomic E-state index is 12.3. The first-order chi connectivity index (χ1) is 9.19. The van der Waals surface area contributed by atoms with E-state index in [-0.39, 0.29) is 11.9 Å². The van der Waals surface area contributed by atoms with Crippen LogP contribution in [0.1, 0.15) is 73.1 Å². The highest BCUT2D eigenvalue weighted by atomic mass is 16.5. The van der Waals surface area contributed by atoms with Crippen molar-refractivity contribution in [2.24, 2.45) is 16.6 Å². The van der Waals surface area contributed by atoms with Gasteiger partial charge in [-0.05, 0) is 26.2 Å². The predicted octanol–water partition coefficient (Wildman–Crippen LogP) is 3.43. The molecule has 0 aromatic carbocycles. The van der Waals surface area contributed by atoms with E-state index >= 15 is 0 Å². The Morgan fingerprint density at radius 3 is 2.10 bits per heavy atom. The average molecular weight is 285 g/mol. The van der Waals surface area contributed by atoms with E-state index in [9.17, 15) is 9.59 Å². The number of nitrogens with two attached hydrogens (primary N) is 1. The summed E-state index contributed by atoms with van der Waals surface area (Å²) in [7, 11) is 0. The van der Waals surface area contributed by atoms with Crippen molar-refractivity contribution in [1.82, 2.24) is 0 Å². The van der Waals surface area contributed by atoms with Crippen molar-refractivity contribution in [2.75, 3.05) is 6.61 Å². The summed E-state index contributed by atoms with van der Waals surface area (Å²) < 4.78 is 5.38. The van der Waals surface area contributed by atoms with Gasteiger partial charge in [0.05, 0.1) is 12.0 Å². The number of amides is 1. The molecule has 1 amide bonds. The third-order valence-electron chi connectivity index (χ3n) is 4.00. The van der Waals surface area contributed by atoms with Crippen LogP contribution >= 0.6 is 0 Å². The number of unbranched alkanes of at least 4 members (excludes halogenated alkanes) is 3. The highest BCUT2D eigenvalue weighted by Crippen LogP contribution is 2.37. The number of hydrogen-bond acceptors (Lipinski definition) is 3. The Morgan fingerprint density at radius 1 is 1.05 bits per heavy atom. The summed E-state index contributed by atoms with van der Waals surface area (Å²) in [4.78, 5) is 23.7. The minimum absolute atomic E-state index is 0.217. The second-order valence-electron chi connectivity index (χ2n) is 6.54. The van der Waals surface area contributed by atoms with Crippen LogP contribution in [0, 0.1) is 10.8 Å². The Labute approximate surface area is 123 Å². The molecule has 0 heterocycles. The molecule has 0 aliphatic rings. The molecule has 0 radical (unpaired) electrons. The fraction of sp³-hybridized carbons (Fsp3) is 0.875. The van der Waals surface area contributed by atoms with Crippen molar-refractivity contribution < 1.29 is 14.3 Å². The highest BCUT2D eigenvalue weighted by molar-refractivity contribution is 5.82. The first-order valence-electron chi connectivity index (χ1n) is 7.66. The van der Waals surface area contributed by atoms with E-state index in [0.717, 1.165) is 25.7 Å². The zero-order valence-electron chi connectivity index (χ0n) is 13.8. The zero-order valence-corrected chi connectivity index (χ0v) is 13.8. The standard InChI is InChI=1S/C16H31NO3/c1-6-8-9-10-11-20-14(19)16(5,7-2)12-15(3,4)13(17)18/h6-12H2,1-5H3,(H2,17,18). The molecule has 4 heteroatoms. The van der Waals surface area contributed by atoms with Gasteiger partial charge in [0.2, 0.25) is 5.91 Å². The van der Waals surface area contributed by atoms with Crippen molar-refractivity contribution >= 4 is 11.9 Å². The van der Waals surface area contributed by atoms with Gasteiger partial charge in [-0.2, -0.15) is 0 Å². The smallest absolute Gasteiger partial charge is 0.311 e. The van der Waals surface area contributed by atoms with Crippen LogP contribution in [0.15, 0.2) is 0 Å². The SMILES string of the molecule is CCCCCCOC(=O)C(C)(CC)CC(C)(C)C(N)=O. The lowest BCUT2D eigenvalue weighted by Gasteiger charge is -2.33. The van der Waals surface area contributed by atoms with Gasteiger partial charge < -0.3 is 10.5 Å². The fourth-order valence-electron chi connectivity index (χ4n) is 2.27. The quantitative estimate of drug-likeness (QED) is 0.494. The van der Waals surface area contributed by atoms with Crippen LogP contribution in [-0.2, 0) is 14.3 Å². The number of primary amides is 1. The van der Waals surface area contributed by atoms with Crippen molar-refractivity contribution in [1.29, 1.82) is 0 Å². The van der Waals surface area contributed by atoms with Gasteiger partial charge in [-0.3, -0.25) is 9.59 Å². The summed E-state index contributed by atoms with van der Waals surface area (Å²) >= 11 is 0. The molecule has 0 spiro atoms. The largest absolute Gasteiger partial charge is 0.465 e. The molecule has 0 rings (SSSR count). The van der Waals surface area contributed by atoms with E-state index < -0.39 is 10.8 Å². The second kappa shape index (κ2) is 8.28. The summed E-state index contributed by atoms with van der Waals surface area (Å²) in [5.41, 5.74) is 4.04. The van der Waals surface area contributed by atoms with Gasteiger partial charge >= 0.3 is 5.97 Å². The van der Waals surface area contributed by atoms with Crippen molar-refractivity contribution in [2.45, 2.75) is 73.1 Å². The Bertz CT molecular complexity index is 326. The van der Waals surface area contributed by atoms with Crippen molar-refractivity contribution in [3.63, 3.8) is 0 Å². The molecule has 0 aliphatic carbocycles. The second-order valence-corrected chi connectivity index (χ2v) is 6.54. The molecule has 20 heavy (non-hydrogen) atoms. The fourth-order valence-corrected chi connectivity index (χ4v) is 2.27. The van der Waals surface area contributed by atoms with E-state index in [4.69, 9.17) is 10.5 Å². The molecule has 1 unspecified atom stereocenters. The molecule has 0 fully saturated rings. The van der Waals surface area contributed by atoms with Crippen LogP contribution in [0.3, 0.4) is 0 Å². The molecular weight excluding hydrogens is 254 g/mol. The summed E-state index contributed by atoms with van der Waals surface area (Å²) in [5.74, 6) is -0.598. The lowest BCUT2D eigenvalue weighted by molar-refractivity contribution is -0.158. The Morgan fingerprint density at radius 2 is 1.65 bits per heavy atom. The number of ether oxygens (including phenoxy) is 1. The van der Waals surface area contributed by atoms with Crippen LogP contribution in [-0.4, -0.2) is 18.5 Å². The summed E-state index contributed by atoms with van der Waals surface area (Å²) in [6.07, 6.45) is 5.36. The van der Waals surface area contributed by atoms with E-state index in [1.807, 2.05) is 13.8 Å². The molecule has 0 saturated heterocycles. The number of carbonyl (C=O) groups is 2. The van der Waals surface area contributed by atoms with Crippen LogP contribution in [0.4, 0.5) is 0 Å². The Kier molecular flexibility index (Phi) is 7.84. The summed E-state index contributed by atoms with van der Waals surface area (Å²) in [6, 6.07) is 0. The third kappa shape index (κ3) is 5.93. The normalized spacial score (nSPS) is 14.7. The van der Waals surface area contributed by atoms with Gasteiger partial charge in [-0.1, -0.05) is 47.0 Å². The molecular formula is C16H31NO3. The maximum atomic E-state index is 12.3. The van der Waals surface area contributed by atoms with Gasteiger partial charge in [-0.25, -0.2) is 0 Å². The number of carbonyl (C=O) groups excluding carboxylic acids is 2. The third-order valence-corrected chi connectivity index (χ3v) is 4.00. The molecule has 4 nitrogen and oxygen atoms in total. The van der Waals surface area contributed by atoms with Gasteiger partial charge in [0.15, 0.2) is 0 Å². The van der Waals surface area contributed by atoms with Gasteiger partial charge in [0.1, 0.15) is 0 Å². The number of esters is 1. The van der Waals surface area contributed by atoms with E-state index in [0.29, 0.717) is 19.4 Å². The molecule has 118 valence electrons. The summed E-state index contributed by atoms with van der Waals surface area (Å²) in [6.45, 7) is 9.95. The lowest BCUT2D eigenvalue weighted by atomic mass is 9.72. The number of rotatable bonds is 10. The predicted molar refractivity (Wildman–Crippen MR) is 81.1 cm³/mol. The minimum Gasteiger partial charge on any atom is -0.465 e. The van der Waals surface area contributed by atoms with Gasteiger partial charge in [0, 0.05) is 5.41 Å². The average Bonchev–Trinajstić information content (AvgIpc) is 2.37. The zero-order chi connectivity index (χ0) is 15.8. The van der Waals surface area contributed by atoms with E-state index in [1.54, 1.807) is 13.8 Å². The maximum Gasteiger partial charge on any atom is 0.311 e. The van der Waals surface area contributed by atoms with Crippen LogP contribution in [0.5, 0.6) is 0 Å². The Balaban J connectivity index is 4.47. The van der Waals surface area contributed by atoms with Crippen LogP contribution < -0.4 is 5.73 Å². The monoisotopic (exact) mass is 285 g/mol. The first-order valence-corrected chi connectivity index (χ1v) is 7.66. The molecule has 0 saturated carbocycles.